The second kappa shape index (κ2) is 3.15. The molecule has 1 heterocycles. The summed E-state index contributed by atoms with van der Waals surface area (Å²) in [6, 6.07) is 0.722. The highest BCUT2D eigenvalue weighted by Gasteiger charge is 2.19. The molecule has 1 aliphatic rings. The molecule has 2 N–H and O–H groups in total. The summed E-state index contributed by atoms with van der Waals surface area (Å²) < 4.78 is 1.68. The number of aromatic nitrogens is 2. The number of rotatable bonds is 4. The highest BCUT2D eigenvalue weighted by atomic mass is 16.1. The molecule has 2 rings (SSSR count). The molecule has 0 unspecified atom stereocenters. The fraction of sp³-hybridized carbons (Fsp3) is 0.625. The lowest BCUT2D eigenvalue weighted by atomic mass is 10.5. The number of imidazole rings is 1. The summed E-state index contributed by atoms with van der Waals surface area (Å²) in [5.41, 5.74) is -0.0207. The Balaban J connectivity index is 1.78. The van der Waals surface area contributed by atoms with Crippen LogP contribution >= 0.6 is 0 Å². The largest absolute Gasteiger partial charge is 0.325 e. The van der Waals surface area contributed by atoms with E-state index in [4.69, 9.17) is 0 Å². The Hall–Kier alpha value is -1.03. The number of hydrogen-bond donors (Lipinski definition) is 2. The average Bonchev–Trinajstić information content (AvgIpc) is 2.78. The number of aromatic amines is 1. The van der Waals surface area contributed by atoms with Gasteiger partial charge in [-0.2, -0.15) is 0 Å². The zero-order valence-corrected chi connectivity index (χ0v) is 6.92. The van der Waals surface area contributed by atoms with Crippen LogP contribution in [-0.4, -0.2) is 22.1 Å². The van der Waals surface area contributed by atoms with E-state index >= 15 is 0 Å². The zero-order chi connectivity index (χ0) is 8.39. The second-order valence-corrected chi connectivity index (χ2v) is 3.19. The predicted octanol–water partition coefficient (Wildman–Crippen LogP) is -0.0716. The van der Waals surface area contributed by atoms with Crippen molar-refractivity contribution in [2.75, 3.05) is 6.54 Å². The first-order valence-electron chi connectivity index (χ1n) is 4.33. The Labute approximate surface area is 70.6 Å². The molecule has 0 aromatic carbocycles. The maximum atomic E-state index is 11.0. The van der Waals surface area contributed by atoms with Crippen LogP contribution in [0.4, 0.5) is 0 Å². The first-order chi connectivity index (χ1) is 5.86. The zero-order valence-electron chi connectivity index (χ0n) is 6.92. The molecule has 0 aliphatic heterocycles. The molecule has 12 heavy (non-hydrogen) atoms. The standard InChI is InChI=1S/C8H13N3O/c12-8-10-4-6-11(8)5-3-9-7-1-2-7/h4,6-7,9H,1-3,5H2,(H,10,12). The van der Waals surface area contributed by atoms with E-state index < -0.39 is 0 Å². The van der Waals surface area contributed by atoms with Crippen LogP contribution in [0.1, 0.15) is 12.8 Å². The van der Waals surface area contributed by atoms with Crippen LogP contribution < -0.4 is 11.0 Å². The Kier molecular flexibility index (Phi) is 1.99. The van der Waals surface area contributed by atoms with Gasteiger partial charge in [0.05, 0.1) is 0 Å². The predicted molar refractivity (Wildman–Crippen MR) is 46.1 cm³/mol. The molecule has 0 spiro atoms. The Morgan fingerprint density at radius 2 is 2.50 bits per heavy atom. The van der Waals surface area contributed by atoms with Crippen molar-refractivity contribution in [1.29, 1.82) is 0 Å². The molecule has 4 nitrogen and oxygen atoms in total. The van der Waals surface area contributed by atoms with Gasteiger partial charge in [0.2, 0.25) is 0 Å². The van der Waals surface area contributed by atoms with Crippen LogP contribution in [0.2, 0.25) is 0 Å². The van der Waals surface area contributed by atoms with Gasteiger partial charge in [-0.05, 0) is 12.8 Å². The Morgan fingerprint density at radius 1 is 1.67 bits per heavy atom. The maximum absolute atomic E-state index is 11.0. The van der Waals surface area contributed by atoms with Crippen LogP contribution in [0, 0.1) is 0 Å². The number of hydrogen-bond acceptors (Lipinski definition) is 2. The number of nitrogens with one attached hydrogen (secondary N) is 2. The van der Waals surface area contributed by atoms with E-state index in [1.54, 1.807) is 17.0 Å². The van der Waals surface area contributed by atoms with Crippen molar-refractivity contribution >= 4 is 0 Å². The maximum Gasteiger partial charge on any atom is 0.325 e. The summed E-state index contributed by atoms with van der Waals surface area (Å²) in [6.45, 7) is 1.65. The van der Waals surface area contributed by atoms with Gasteiger partial charge in [-0.25, -0.2) is 4.79 Å². The van der Waals surface area contributed by atoms with Crippen LogP contribution in [0.3, 0.4) is 0 Å². The monoisotopic (exact) mass is 167 g/mol. The summed E-state index contributed by atoms with van der Waals surface area (Å²) in [5, 5.41) is 3.35. The van der Waals surface area contributed by atoms with Crippen LogP contribution in [0.5, 0.6) is 0 Å². The average molecular weight is 167 g/mol. The SMILES string of the molecule is O=c1[nH]ccn1CCNC1CC1. The Morgan fingerprint density at radius 3 is 3.08 bits per heavy atom. The van der Waals surface area contributed by atoms with Gasteiger partial charge < -0.3 is 10.3 Å². The third-order valence-electron chi connectivity index (χ3n) is 2.09. The quantitative estimate of drug-likeness (QED) is 0.659. The topological polar surface area (TPSA) is 49.8 Å². The first kappa shape index (κ1) is 7.61. The lowest BCUT2D eigenvalue weighted by Gasteiger charge is -2.01. The molecule has 0 atom stereocenters. The molecule has 0 radical (unpaired) electrons. The van der Waals surface area contributed by atoms with Gasteiger partial charge in [0.25, 0.3) is 0 Å². The van der Waals surface area contributed by atoms with E-state index in [0.717, 1.165) is 19.1 Å². The molecule has 0 saturated heterocycles. The summed E-state index contributed by atoms with van der Waals surface area (Å²) >= 11 is 0. The van der Waals surface area contributed by atoms with Crippen molar-refractivity contribution in [1.82, 2.24) is 14.9 Å². The number of nitrogens with zero attached hydrogens (tertiary/aromatic N) is 1. The fourth-order valence-electron chi connectivity index (χ4n) is 1.20. The van der Waals surface area contributed by atoms with Gasteiger partial charge in [-0.15, -0.1) is 0 Å². The summed E-state index contributed by atoms with van der Waals surface area (Å²) in [4.78, 5) is 13.6. The van der Waals surface area contributed by atoms with Gasteiger partial charge in [0, 0.05) is 31.5 Å². The molecule has 1 aliphatic carbocycles. The minimum atomic E-state index is -0.0207. The smallest absolute Gasteiger partial charge is 0.313 e. The molecule has 66 valence electrons. The minimum absolute atomic E-state index is 0.0207. The molecule has 0 bridgehead atoms. The van der Waals surface area contributed by atoms with Gasteiger partial charge >= 0.3 is 5.69 Å². The van der Waals surface area contributed by atoms with Crippen LogP contribution in [-0.2, 0) is 6.54 Å². The van der Waals surface area contributed by atoms with Crippen molar-refractivity contribution in [2.24, 2.45) is 0 Å². The van der Waals surface area contributed by atoms with Crippen molar-refractivity contribution in [3.05, 3.63) is 22.9 Å². The van der Waals surface area contributed by atoms with Gasteiger partial charge in [0.15, 0.2) is 0 Å². The highest BCUT2D eigenvalue weighted by Crippen LogP contribution is 2.17. The summed E-state index contributed by atoms with van der Waals surface area (Å²) in [5.74, 6) is 0. The van der Waals surface area contributed by atoms with E-state index in [2.05, 4.69) is 10.3 Å². The highest BCUT2D eigenvalue weighted by molar-refractivity contribution is 4.81. The first-order valence-corrected chi connectivity index (χ1v) is 4.33. The molecule has 4 heteroatoms. The van der Waals surface area contributed by atoms with E-state index in [1.807, 2.05) is 0 Å². The molecular weight excluding hydrogens is 154 g/mol. The minimum Gasteiger partial charge on any atom is -0.313 e. The van der Waals surface area contributed by atoms with Crippen molar-refractivity contribution in [3.63, 3.8) is 0 Å². The van der Waals surface area contributed by atoms with Crippen molar-refractivity contribution in [2.45, 2.75) is 25.4 Å². The molecular formula is C8H13N3O. The third-order valence-corrected chi connectivity index (χ3v) is 2.09. The van der Waals surface area contributed by atoms with E-state index in [1.165, 1.54) is 12.8 Å². The molecule has 1 aromatic heterocycles. The van der Waals surface area contributed by atoms with Gasteiger partial charge in [-0.3, -0.25) is 4.57 Å². The van der Waals surface area contributed by atoms with E-state index in [9.17, 15) is 4.79 Å². The van der Waals surface area contributed by atoms with Crippen molar-refractivity contribution < 1.29 is 0 Å². The number of H-pyrrole nitrogens is 1. The summed E-state index contributed by atoms with van der Waals surface area (Å²) in [7, 11) is 0. The van der Waals surface area contributed by atoms with E-state index in [-0.39, 0.29) is 5.69 Å². The summed E-state index contributed by atoms with van der Waals surface area (Å²) in [6.07, 6.45) is 6.03. The lowest BCUT2D eigenvalue weighted by molar-refractivity contribution is 0.584. The third kappa shape index (κ3) is 1.76. The molecule has 0 amide bonds. The lowest BCUT2D eigenvalue weighted by Crippen LogP contribution is -2.26. The van der Waals surface area contributed by atoms with Crippen molar-refractivity contribution in [3.8, 4) is 0 Å². The van der Waals surface area contributed by atoms with Gasteiger partial charge in [-0.1, -0.05) is 0 Å². The molecule has 1 saturated carbocycles. The van der Waals surface area contributed by atoms with E-state index in [0.29, 0.717) is 0 Å². The van der Waals surface area contributed by atoms with Gasteiger partial charge in [0.1, 0.15) is 0 Å². The normalized spacial score (nSPS) is 16.7. The molecule has 1 fully saturated rings. The Bertz CT molecular complexity index is 297. The second-order valence-electron chi connectivity index (χ2n) is 3.19. The fourth-order valence-corrected chi connectivity index (χ4v) is 1.20. The van der Waals surface area contributed by atoms with Crippen LogP contribution in [0.25, 0.3) is 0 Å². The van der Waals surface area contributed by atoms with Crippen LogP contribution in [0.15, 0.2) is 17.2 Å². The molecule has 1 aromatic rings.